The lowest BCUT2D eigenvalue weighted by atomic mass is 10.1. The highest BCUT2D eigenvalue weighted by Gasteiger charge is 2.38. The lowest BCUT2D eigenvalue weighted by molar-refractivity contribution is -0.131. The fourth-order valence-corrected chi connectivity index (χ4v) is 2.36. The van der Waals surface area contributed by atoms with Crippen molar-refractivity contribution in [3.8, 4) is 0 Å². The molecule has 0 radical (unpaired) electrons. The van der Waals surface area contributed by atoms with Crippen LogP contribution in [-0.4, -0.2) is 18.6 Å². The maximum atomic E-state index is 12.3. The number of alkyl halides is 3. The second-order valence-corrected chi connectivity index (χ2v) is 4.76. The zero-order valence-corrected chi connectivity index (χ0v) is 10.5. The van der Waals surface area contributed by atoms with Crippen LogP contribution in [-0.2, 0) is 11.2 Å². The van der Waals surface area contributed by atoms with Crippen LogP contribution in [0.4, 0.5) is 18.9 Å². The third-order valence-electron chi connectivity index (χ3n) is 2.67. The van der Waals surface area contributed by atoms with Gasteiger partial charge in [-0.1, -0.05) is 22.0 Å². The predicted molar refractivity (Wildman–Crippen MR) is 61.0 cm³/mol. The van der Waals surface area contributed by atoms with Crippen LogP contribution in [0.5, 0.6) is 0 Å². The van der Waals surface area contributed by atoms with Crippen LogP contribution < -0.4 is 4.90 Å². The van der Waals surface area contributed by atoms with Crippen molar-refractivity contribution in [2.24, 2.45) is 0 Å². The summed E-state index contributed by atoms with van der Waals surface area (Å²) in [6.07, 6.45) is -4.36. The molecule has 17 heavy (non-hydrogen) atoms. The van der Waals surface area contributed by atoms with E-state index in [0.717, 1.165) is 10.5 Å². The SMILES string of the molecule is Cc1ccc2c(c1Br)CC(=O)N2CC(F)(F)F. The van der Waals surface area contributed by atoms with Crippen molar-refractivity contribution < 1.29 is 18.0 Å². The summed E-state index contributed by atoms with van der Waals surface area (Å²) in [6.45, 7) is 0.607. The van der Waals surface area contributed by atoms with Crippen molar-refractivity contribution in [3.63, 3.8) is 0 Å². The number of nitrogens with zero attached hydrogens (tertiary/aromatic N) is 1. The summed E-state index contributed by atoms with van der Waals surface area (Å²) in [5, 5.41) is 0. The molecule has 0 aromatic heterocycles. The van der Waals surface area contributed by atoms with Crippen molar-refractivity contribution in [2.75, 3.05) is 11.4 Å². The van der Waals surface area contributed by atoms with Gasteiger partial charge >= 0.3 is 6.18 Å². The molecule has 1 amide bonds. The largest absolute Gasteiger partial charge is 0.406 e. The van der Waals surface area contributed by atoms with Crippen LogP contribution in [0, 0.1) is 6.92 Å². The molecule has 1 aliphatic rings. The van der Waals surface area contributed by atoms with Crippen molar-refractivity contribution in [1.82, 2.24) is 0 Å². The van der Waals surface area contributed by atoms with E-state index in [1.165, 1.54) is 0 Å². The van der Waals surface area contributed by atoms with E-state index in [1.807, 2.05) is 6.92 Å². The van der Waals surface area contributed by atoms with Gasteiger partial charge in [-0.2, -0.15) is 13.2 Å². The number of fused-ring (bicyclic) bond motifs is 1. The molecule has 1 aromatic carbocycles. The summed E-state index contributed by atoms with van der Waals surface area (Å²) >= 11 is 3.31. The van der Waals surface area contributed by atoms with Gasteiger partial charge in [0.15, 0.2) is 0 Å². The number of amides is 1. The zero-order valence-electron chi connectivity index (χ0n) is 8.94. The van der Waals surface area contributed by atoms with Gasteiger partial charge in [0, 0.05) is 10.2 Å². The maximum absolute atomic E-state index is 12.3. The molecule has 0 spiro atoms. The summed E-state index contributed by atoms with van der Waals surface area (Å²) in [6, 6.07) is 3.26. The van der Waals surface area contributed by atoms with Gasteiger partial charge < -0.3 is 4.90 Å². The van der Waals surface area contributed by atoms with Gasteiger partial charge in [-0.3, -0.25) is 4.79 Å². The van der Waals surface area contributed by atoms with Crippen LogP contribution in [0.1, 0.15) is 11.1 Å². The Morgan fingerprint density at radius 3 is 2.65 bits per heavy atom. The van der Waals surface area contributed by atoms with Crippen molar-refractivity contribution >= 4 is 27.5 Å². The quantitative estimate of drug-likeness (QED) is 0.780. The minimum absolute atomic E-state index is 0.0215. The summed E-state index contributed by atoms with van der Waals surface area (Å²) in [4.78, 5) is 12.4. The van der Waals surface area contributed by atoms with E-state index in [2.05, 4.69) is 15.9 Å². The highest BCUT2D eigenvalue weighted by Crippen LogP contribution is 2.37. The number of carbonyl (C=O) groups excluding carboxylic acids is 1. The number of anilines is 1. The molecule has 0 aliphatic carbocycles. The third kappa shape index (κ3) is 2.31. The van der Waals surface area contributed by atoms with Crippen molar-refractivity contribution in [3.05, 3.63) is 27.7 Å². The number of aryl methyl sites for hydroxylation is 1. The summed E-state index contributed by atoms with van der Waals surface area (Å²) in [5.41, 5.74) is 1.90. The molecule has 6 heteroatoms. The lowest BCUT2D eigenvalue weighted by Crippen LogP contribution is -2.36. The van der Waals surface area contributed by atoms with E-state index < -0.39 is 18.6 Å². The molecule has 1 aliphatic heterocycles. The Morgan fingerprint density at radius 1 is 1.41 bits per heavy atom. The number of benzene rings is 1. The molecule has 0 fully saturated rings. The fourth-order valence-electron chi connectivity index (χ4n) is 1.88. The van der Waals surface area contributed by atoms with Gasteiger partial charge in [0.2, 0.25) is 5.91 Å². The summed E-state index contributed by atoms with van der Waals surface area (Å²) in [5.74, 6) is -0.511. The Kier molecular flexibility index (Phi) is 2.93. The maximum Gasteiger partial charge on any atom is 0.406 e. The molecule has 0 unspecified atom stereocenters. The van der Waals surface area contributed by atoms with Gasteiger partial charge in [-0.05, 0) is 24.1 Å². The minimum Gasteiger partial charge on any atom is -0.303 e. The Morgan fingerprint density at radius 2 is 2.06 bits per heavy atom. The molecule has 1 heterocycles. The Hall–Kier alpha value is -1.04. The number of hydrogen-bond acceptors (Lipinski definition) is 1. The van der Waals surface area contributed by atoms with Gasteiger partial charge in [-0.15, -0.1) is 0 Å². The average Bonchev–Trinajstić information content (AvgIpc) is 2.49. The first-order chi connectivity index (χ1) is 7.79. The van der Waals surface area contributed by atoms with E-state index >= 15 is 0 Å². The van der Waals surface area contributed by atoms with Gasteiger partial charge in [0.1, 0.15) is 6.54 Å². The van der Waals surface area contributed by atoms with E-state index in [4.69, 9.17) is 0 Å². The van der Waals surface area contributed by atoms with E-state index in [9.17, 15) is 18.0 Å². The molecule has 2 nitrogen and oxygen atoms in total. The van der Waals surface area contributed by atoms with Gasteiger partial charge in [-0.25, -0.2) is 0 Å². The Balaban J connectivity index is 2.42. The molecule has 92 valence electrons. The summed E-state index contributed by atoms with van der Waals surface area (Å²) in [7, 11) is 0. The first-order valence-electron chi connectivity index (χ1n) is 4.94. The molecule has 2 rings (SSSR count). The van der Waals surface area contributed by atoms with E-state index in [0.29, 0.717) is 15.7 Å². The summed E-state index contributed by atoms with van der Waals surface area (Å²) < 4.78 is 37.8. The van der Waals surface area contributed by atoms with Crippen molar-refractivity contribution in [1.29, 1.82) is 0 Å². The molecule has 0 bridgehead atoms. The van der Waals surface area contributed by atoms with Crippen LogP contribution in [0.3, 0.4) is 0 Å². The minimum atomic E-state index is -4.38. The van der Waals surface area contributed by atoms with Crippen LogP contribution in [0.15, 0.2) is 16.6 Å². The molecule has 0 saturated heterocycles. The standard InChI is InChI=1S/C11H9BrF3NO/c1-6-2-3-8-7(10(6)12)4-9(17)16(8)5-11(13,14)15/h2-3H,4-5H2,1H3. The van der Waals surface area contributed by atoms with Gasteiger partial charge in [0.05, 0.1) is 6.42 Å². The monoisotopic (exact) mass is 307 g/mol. The third-order valence-corrected chi connectivity index (χ3v) is 3.77. The number of hydrogen-bond donors (Lipinski definition) is 0. The lowest BCUT2D eigenvalue weighted by Gasteiger charge is -2.19. The average molecular weight is 308 g/mol. The molecular formula is C11H9BrF3NO. The van der Waals surface area contributed by atoms with Gasteiger partial charge in [0.25, 0.3) is 0 Å². The first-order valence-corrected chi connectivity index (χ1v) is 5.74. The smallest absolute Gasteiger partial charge is 0.303 e. The van der Waals surface area contributed by atoms with Crippen molar-refractivity contribution in [2.45, 2.75) is 19.5 Å². The second-order valence-electron chi connectivity index (χ2n) is 3.97. The number of carbonyl (C=O) groups is 1. The fraction of sp³-hybridized carbons (Fsp3) is 0.364. The normalized spacial score (nSPS) is 15.4. The first kappa shape index (κ1) is 12.4. The van der Waals surface area contributed by atoms with Crippen LogP contribution in [0.25, 0.3) is 0 Å². The highest BCUT2D eigenvalue weighted by atomic mass is 79.9. The molecule has 0 atom stereocenters. The number of halogens is 4. The molecule has 0 N–H and O–H groups in total. The molecule has 0 saturated carbocycles. The van der Waals surface area contributed by atoms with Crippen LogP contribution in [0.2, 0.25) is 0 Å². The van der Waals surface area contributed by atoms with E-state index in [-0.39, 0.29) is 6.42 Å². The van der Waals surface area contributed by atoms with E-state index in [1.54, 1.807) is 12.1 Å². The molecular weight excluding hydrogens is 299 g/mol. The topological polar surface area (TPSA) is 20.3 Å². The molecule has 1 aromatic rings. The van der Waals surface area contributed by atoms with Crippen LogP contribution >= 0.6 is 15.9 Å². The Bertz CT molecular complexity index is 484. The zero-order chi connectivity index (χ0) is 12.8. The predicted octanol–water partition coefficient (Wildman–Crippen LogP) is 3.21. The second kappa shape index (κ2) is 4.01. The highest BCUT2D eigenvalue weighted by molar-refractivity contribution is 9.10. The number of rotatable bonds is 1. The Labute approximate surface area is 105 Å².